The zero-order chi connectivity index (χ0) is 19.6. The number of pyridine rings is 1. The first-order chi connectivity index (χ1) is 12.7. The van der Waals surface area contributed by atoms with Crippen molar-refractivity contribution in [2.24, 2.45) is 0 Å². The fraction of sp³-hybridized carbons (Fsp3) is 0.389. The number of aromatic nitrogens is 1. The zero-order valence-corrected chi connectivity index (χ0v) is 16.2. The van der Waals surface area contributed by atoms with Gasteiger partial charge >= 0.3 is 0 Å². The van der Waals surface area contributed by atoms with E-state index < -0.39 is 22.1 Å². The van der Waals surface area contributed by atoms with Crippen molar-refractivity contribution in [3.8, 4) is 5.88 Å². The molecule has 1 aliphatic rings. The number of ether oxygens (including phenoxy) is 1. The molecule has 0 saturated heterocycles. The van der Waals surface area contributed by atoms with Crippen LogP contribution in [-0.2, 0) is 22.0 Å². The van der Waals surface area contributed by atoms with Gasteiger partial charge in [-0.3, -0.25) is 4.90 Å². The monoisotopic (exact) mass is 416 g/mol. The van der Waals surface area contributed by atoms with E-state index in [-0.39, 0.29) is 16.8 Å². The summed E-state index contributed by atoms with van der Waals surface area (Å²) < 4.78 is 52.4. The molecule has 0 radical (unpaired) electrons. The lowest BCUT2D eigenvalue weighted by molar-refractivity contribution is 0.0795. The van der Waals surface area contributed by atoms with Crippen LogP contribution in [0.1, 0.15) is 29.7 Å². The van der Waals surface area contributed by atoms with E-state index in [1.165, 1.54) is 6.07 Å². The Morgan fingerprint density at radius 3 is 2.67 bits per heavy atom. The number of benzene rings is 1. The van der Waals surface area contributed by atoms with Crippen molar-refractivity contribution in [1.29, 1.82) is 0 Å². The molecular weight excluding hydrogens is 398 g/mol. The Labute approximate surface area is 161 Å². The molecule has 0 N–H and O–H groups in total. The van der Waals surface area contributed by atoms with Crippen LogP contribution in [0.15, 0.2) is 41.4 Å². The maximum Gasteiger partial charge on any atom is 0.272 e. The SMILES string of the molecule is CC(c1ccc(OCC(F)F)nc1)N1CCc2ccc(S(=O)(=O)Cl)cc2C1. The molecule has 146 valence electrons. The topological polar surface area (TPSA) is 59.5 Å². The molecule has 27 heavy (non-hydrogen) atoms. The number of fused-ring (bicyclic) bond motifs is 1. The number of rotatable bonds is 6. The Hall–Kier alpha value is -1.77. The van der Waals surface area contributed by atoms with Crippen LogP contribution in [0.4, 0.5) is 8.78 Å². The maximum atomic E-state index is 12.2. The van der Waals surface area contributed by atoms with E-state index >= 15 is 0 Å². The molecule has 2 heterocycles. The molecule has 2 aromatic rings. The van der Waals surface area contributed by atoms with E-state index in [4.69, 9.17) is 15.4 Å². The summed E-state index contributed by atoms with van der Waals surface area (Å²) in [6, 6.07) is 8.35. The molecule has 3 rings (SSSR count). The molecule has 5 nitrogen and oxygen atoms in total. The summed E-state index contributed by atoms with van der Waals surface area (Å²) in [5, 5.41) is 0. The Morgan fingerprint density at radius 1 is 1.26 bits per heavy atom. The number of nitrogens with zero attached hydrogens (tertiary/aromatic N) is 2. The highest BCUT2D eigenvalue weighted by molar-refractivity contribution is 8.13. The Kier molecular flexibility index (Phi) is 5.98. The van der Waals surface area contributed by atoms with E-state index in [0.717, 1.165) is 29.7 Å². The van der Waals surface area contributed by atoms with Crippen molar-refractivity contribution in [2.75, 3.05) is 13.2 Å². The third-order valence-electron chi connectivity index (χ3n) is 4.65. The molecule has 0 spiro atoms. The lowest BCUT2D eigenvalue weighted by atomic mass is 9.97. The predicted octanol–water partition coefficient (Wildman–Crippen LogP) is 3.77. The van der Waals surface area contributed by atoms with Gasteiger partial charge in [0, 0.05) is 42.1 Å². The smallest absolute Gasteiger partial charge is 0.272 e. The second kappa shape index (κ2) is 8.08. The van der Waals surface area contributed by atoms with Gasteiger partial charge in [-0.1, -0.05) is 12.1 Å². The number of hydrogen-bond donors (Lipinski definition) is 0. The highest BCUT2D eigenvalue weighted by atomic mass is 35.7. The molecule has 0 aliphatic carbocycles. The third-order valence-corrected chi connectivity index (χ3v) is 6.00. The molecule has 0 fully saturated rings. The normalized spacial score (nSPS) is 16.2. The second-order valence-electron chi connectivity index (χ2n) is 6.40. The number of hydrogen-bond acceptors (Lipinski definition) is 5. The predicted molar refractivity (Wildman–Crippen MR) is 97.7 cm³/mol. The van der Waals surface area contributed by atoms with Crippen LogP contribution in [-0.4, -0.2) is 37.9 Å². The van der Waals surface area contributed by atoms with Crippen LogP contribution in [0, 0.1) is 0 Å². The standard InChI is InChI=1S/C18H19ClF2N2O3S/c1-12(14-3-5-18(22-9-14)26-11-17(20)21)23-7-6-13-2-4-16(27(19,24)25)8-15(13)10-23/h2-5,8-9,12,17H,6-7,10-11H2,1H3. The lowest BCUT2D eigenvalue weighted by Crippen LogP contribution is -2.33. The quantitative estimate of drug-likeness (QED) is 0.671. The Morgan fingerprint density at radius 2 is 2.04 bits per heavy atom. The molecule has 9 heteroatoms. The van der Waals surface area contributed by atoms with Crippen LogP contribution in [0.5, 0.6) is 5.88 Å². The fourth-order valence-electron chi connectivity index (χ4n) is 3.12. The van der Waals surface area contributed by atoms with Gasteiger partial charge in [-0.15, -0.1) is 0 Å². The van der Waals surface area contributed by atoms with Crippen molar-refractivity contribution in [1.82, 2.24) is 9.88 Å². The highest BCUT2D eigenvalue weighted by Gasteiger charge is 2.23. The molecule has 0 saturated carbocycles. The minimum Gasteiger partial charge on any atom is -0.472 e. The first kappa shape index (κ1) is 20.0. The molecule has 1 aliphatic heterocycles. The molecule has 1 unspecified atom stereocenters. The first-order valence-corrected chi connectivity index (χ1v) is 10.7. The van der Waals surface area contributed by atoms with Gasteiger partial charge in [0.05, 0.1) is 4.90 Å². The average Bonchev–Trinajstić information content (AvgIpc) is 2.64. The fourth-order valence-corrected chi connectivity index (χ4v) is 3.92. The summed E-state index contributed by atoms with van der Waals surface area (Å²) in [5.41, 5.74) is 2.96. The van der Waals surface area contributed by atoms with Crippen molar-refractivity contribution in [2.45, 2.75) is 37.3 Å². The van der Waals surface area contributed by atoms with Gasteiger partial charge in [-0.05, 0) is 42.2 Å². The van der Waals surface area contributed by atoms with Crippen LogP contribution >= 0.6 is 10.7 Å². The van der Waals surface area contributed by atoms with Gasteiger partial charge in [0.15, 0.2) is 6.61 Å². The van der Waals surface area contributed by atoms with E-state index in [1.807, 2.05) is 13.0 Å². The van der Waals surface area contributed by atoms with Crippen molar-refractivity contribution in [3.63, 3.8) is 0 Å². The van der Waals surface area contributed by atoms with Crippen LogP contribution in [0.2, 0.25) is 0 Å². The number of alkyl halides is 2. The first-order valence-electron chi connectivity index (χ1n) is 8.41. The molecule has 0 bridgehead atoms. The summed E-state index contributed by atoms with van der Waals surface area (Å²) >= 11 is 0. The lowest BCUT2D eigenvalue weighted by Gasteiger charge is -2.34. The van der Waals surface area contributed by atoms with E-state index in [2.05, 4.69) is 9.88 Å². The number of halogens is 3. The molecule has 1 aromatic heterocycles. The minimum absolute atomic E-state index is 0.0195. The van der Waals surface area contributed by atoms with Gasteiger partial charge in [0.25, 0.3) is 15.5 Å². The van der Waals surface area contributed by atoms with Gasteiger partial charge in [0.1, 0.15) is 0 Å². The molecule has 1 aromatic carbocycles. The van der Waals surface area contributed by atoms with Crippen LogP contribution < -0.4 is 4.74 Å². The third kappa shape index (κ3) is 4.94. The maximum absolute atomic E-state index is 12.2. The zero-order valence-electron chi connectivity index (χ0n) is 14.6. The summed E-state index contributed by atoms with van der Waals surface area (Å²) in [6.45, 7) is 2.73. The minimum atomic E-state index is -3.77. The van der Waals surface area contributed by atoms with Crippen LogP contribution in [0.25, 0.3) is 0 Å². The van der Waals surface area contributed by atoms with Gasteiger partial charge < -0.3 is 4.74 Å². The largest absolute Gasteiger partial charge is 0.472 e. The van der Waals surface area contributed by atoms with Crippen LogP contribution in [0.3, 0.4) is 0 Å². The summed E-state index contributed by atoms with van der Waals surface area (Å²) in [6.07, 6.45) is -0.133. The Balaban J connectivity index is 1.72. The van der Waals surface area contributed by atoms with Gasteiger partial charge in [0.2, 0.25) is 5.88 Å². The molecule has 1 atom stereocenters. The van der Waals surface area contributed by atoms with Crippen molar-refractivity contribution < 1.29 is 21.9 Å². The van der Waals surface area contributed by atoms with Crippen molar-refractivity contribution in [3.05, 3.63) is 53.2 Å². The van der Waals surface area contributed by atoms with E-state index in [1.54, 1.807) is 24.4 Å². The molecular formula is C18H19ClF2N2O3S. The summed E-state index contributed by atoms with van der Waals surface area (Å²) in [5.74, 6) is 0.159. The highest BCUT2D eigenvalue weighted by Crippen LogP contribution is 2.30. The van der Waals surface area contributed by atoms with E-state index in [9.17, 15) is 17.2 Å². The van der Waals surface area contributed by atoms with Crippen molar-refractivity contribution >= 4 is 19.7 Å². The average molecular weight is 417 g/mol. The van der Waals surface area contributed by atoms with Gasteiger partial charge in [-0.2, -0.15) is 0 Å². The Bertz CT molecular complexity index is 907. The van der Waals surface area contributed by atoms with Gasteiger partial charge in [-0.25, -0.2) is 22.2 Å². The van der Waals surface area contributed by atoms with E-state index in [0.29, 0.717) is 6.54 Å². The summed E-state index contributed by atoms with van der Waals surface area (Å²) in [4.78, 5) is 6.37. The second-order valence-corrected chi connectivity index (χ2v) is 8.96. The molecule has 0 amide bonds. The summed E-state index contributed by atoms with van der Waals surface area (Å²) in [7, 11) is 1.68.